The zero-order chi connectivity index (χ0) is 18.9. The van der Waals surface area contributed by atoms with Crippen molar-refractivity contribution in [3.63, 3.8) is 0 Å². The zero-order valence-electron chi connectivity index (χ0n) is 16.7. The van der Waals surface area contributed by atoms with Gasteiger partial charge in [-0.1, -0.05) is 53.0 Å². The molecule has 1 N–H and O–H groups in total. The smallest absolute Gasteiger partial charge is 0.323 e. The molecule has 3 unspecified atom stereocenters. The van der Waals surface area contributed by atoms with Crippen LogP contribution in [-0.2, 0) is 9.53 Å². The highest BCUT2D eigenvalue weighted by molar-refractivity contribution is 5.76. The molecule has 0 bridgehead atoms. The third-order valence-electron chi connectivity index (χ3n) is 5.14. The average Bonchev–Trinajstić information content (AvgIpc) is 2.54. The normalized spacial score (nSPS) is 21.6. The van der Waals surface area contributed by atoms with Crippen molar-refractivity contribution in [2.45, 2.75) is 73.1 Å². The minimum absolute atomic E-state index is 0.0778. The van der Waals surface area contributed by atoms with E-state index in [4.69, 9.17) is 4.74 Å². The SMILES string of the molecule is CCCCC(CC)CNC1=CC(C(C#N)C(=O)OCC)CC(C)(C)C1. The Morgan fingerprint density at radius 3 is 2.72 bits per heavy atom. The van der Waals surface area contributed by atoms with Crippen LogP contribution in [0.3, 0.4) is 0 Å². The Balaban J connectivity index is 2.81. The number of nitrogens with zero attached hydrogens (tertiary/aromatic N) is 1. The maximum absolute atomic E-state index is 12.1. The van der Waals surface area contributed by atoms with Gasteiger partial charge in [0.2, 0.25) is 0 Å². The van der Waals surface area contributed by atoms with Crippen LogP contribution in [0.2, 0.25) is 0 Å². The fraction of sp³-hybridized carbons (Fsp3) is 0.810. The highest BCUT2D eigenvalue weighted by Gasteiger charge is 2.36. The van der Waals surface area contributed by atoms with E-state index in [1.807, 2.05) is 0 Å². The van der Waals surface area contributed by atoms with E-state index in [0.29, 0.717) is 12.5 Å². The molecule has 0 aromatic heterocycles. The van der Waals surface area contributed by atoms with E-state index in [2.05, 4.69) is 45.2 Å². The summed E-state index contributed by atoms with van der Waals surface area (Å²) in [5, 5.41) is 13.1. The van der Waals surface area contributed by atoms with Crippen molar-refractivity contribution in [3.05, 3.63) is 11.8 Å². The van der Waals surface area contributed by atoms with Crippen molar-refractivity contribution in [2.24, 2.45) is 23.2 Å². The fourth-order valence-corrected chi connectivity index (χ4v) is 3.71. The first-order chi connectivity index (χ1) is 11.9. The summed E-state index contributed by atoms with van der Waals surface area (Å²) in [5.74, 6) is -0.497. The second kappa shape index (κ2) is 10.5. The van der Waals surface area contributed by atoms with Gasteiger partial charge in [-0.25, -0.2) is 0 Å². The second-order valence-electron chi connectivity index (χ2n) is 8.06. The van der Waals surface area contributed by atoms with E-state index in [1.54, 1.807) is 6.92 Å². The van der Waals surface area contributed by atoms with Gasteiger partial charge < -0.3 is 10.1 Å². The minimum atomic E-state index is -0.710. The monoisotopic (exact) mass is 348 g/mol. The number of allylic oxidation sites excluding steroid dienone is 2. The largest absolute Gasteiger partial charge is 0.465 e. The molecule has 0 saturated heterocycles. The molecule has 0 fully saturated rings. The Morgan fingerprint density at radius 1 is 1.44 bits per heavy atom. The minimum Gasteiger partial charge on any atom is -0.465 e. The molecular weight excluding hydrogens is 312 g/mol. The summed E-state index contributed by atoms with van der Waals surface area (Å²) in [5.41, 5.74) is 1.26. The molecule has 0 saturated carbocycles. The Hall–Kier alpha value is -1.50. The Labute approximate surface area is 154 Å². The molecule has 1 aliphatic rings. The zero-order valence-corrected chi connectivity index (χ0v) is 16.7. The molecule has 0 spiro atoms. The van der Waals surface area contributed by atoms with Gasteiger partial charge >= 0.3 is 5.97 Å². The third kappa shape index (κ3) is 7.10. The molecule has 0 heterocycles. The van der Waals surface area contributed by atoms with Gasteiger partial charge in [0.25, 0.3) is 0 Å². The number of rotatable bonds is 10. The van der Waals surface area contributed by atoms with Crippen LogP contribution in [0.15, 0.2) is 11.8 Å². The third-order valence-corrected chi connectivity index (χ3v) is 5.14. The van der Waals surface area contributed by atoms with E-state index < -0.39 is 11.9 Å². The molecule has 0 aromatic rings. The van der Waals surface area contributed by atoms with Gasteiger partial charge in [-0.2, -0.15) is 5.26 Å². The van der Waals surface area contributed by atoms with E-state index in [1.165, 1.54) is 31.4 Å². The van der Waals surface area contributed by atoms with Gasteiger partial charge in [-0.15, -0.1) is 0 Å². The molecule has 1 rings (SSSR count). The average molecular weight is 349 g/mol. The molecule has 4 nitrogen and oxygen atoms in total. The van der Waals surface area contributed by atoms with Crippen molar-refractivity contribution < 1.29 is 9.53 Å². The van der Waals surface area contributed by atoms with Crippen LogP contribution in [0.25, 0.3) is 0 Å². The standard InChI is InChI=1S/C21H36N2O2/c1-6-9-10-16(7-2)15-23-18-11-17(12-21(4,5)13-18)19(14-22)20(24)25-8-3/h11,16-17,19,23H,6-10,12-13,15H2,1-5H3. The number of nitrogens with one attached hydrogen (secondary N) is 1. The molecule has 0 aromatic carbocycles. The fourth-order valence-electron chi connectivity index (χ4n) is 3.71. The molecular formula is C21H36N2O2. The Morgan fingerprint density at radius 2 is 2.16 bits per heavy atom. The van der Waals surface area contributed by atoms with Gasteiger partial charge in [0, 0.05) is 18.2 Å². The van der Waals surface area contributed by atoms with Crippen molar-refractivity contribution in [3.8, 4) is 6.07 Å². The highest BCUT2D eigenvalue weighted by atomic mass is 16.5. The lowest BCUT2D eigenvalue weighted by Gasteiger charge is -2.36. The summed E-state index contributed by atoms with van der Waals surface area (Å²) in [6, 6.07) is 2.17. The predicted molar refractivity (Wildman–Crippen MR) is 102 cm³/mol. The lowest BCUT2D eigenvalue weighted by molar-refractivity contribution is -0.147. The van der Waals surface area contributed by atoms with Gasteiger partial charge in [-0.3, -0.25) is 4.79 Å². The van der Waals surface area contributed by atoms with Gasteiger partial charge in [-0.05, 0) is 37.5 Å². The van der Waals surface area contributed by atoms with Crippen LogP contribution in [0.5, 0.6) is 0 Å². The first kappa shape index (κ1) is 21.5. The quantitative estimate of drug-likeness (QED) is 0.575. The van der Waals surface area contributed by atoms with Gasteiger partial charge in [0.05, 0.1) is 12.7 Å². The van der Waals surface area contributed by atoms with Crippen molar-refractivity contribution in [1.82, 2.24) is 5.32 Å². The number of unbranched alkanes of at least 4 members (excludes halogenated alkanes) is 1. The number of esters is 1. The van der Waals surface area contributed by atoms with E-state index >= 15 is 0 Å². The van der Waals surface area contributed by atoms with Crippen molar-refractivity contribution >= 4 is 5.97 Å². The number of nitriles is 1. The summed E-state index contributed by atoms with van der Waals surface area (Å²) in [6.45, 7) is 12.0. The second-order valence-corrected chi connectivity index (χ2v) is 8.06. The molecule has 0 amide bonds. The van der Waals surface area contributed by atoms with Crippen LogP contribution in [0.4, 0.5) is 0 Å². The van der Waals surface area contributed by atoms with E-state index in [0.717, 1.165) is 19.4 Å². The number of carbonyl (C=O) groups excluding carboxylic acids is 1. The summed E-state index contributed by atoms with van der Waals surface area (Å²) in [7, 11) is 0. The summed E-state index contributed by atoms with van der Waals surface area (Å²) < 4.78 is 5.10. The molecule has 0 radical (unpaired) electrons. The van der Waals surface area contributed by atoms with E-state index in [9.17, 15) is 10.1 Å². The van der Waals surface area contributed by atoms with E-state index in [-0.39, 0.29) is 11.3 Å². The lowest BCUT2D eigenvalue weighted by atomic mass is 9.71. The molecule has 0 aliphatic heterocycles. The summed E-state index contributed by atoms with van der Waals surface area (Å²) in [4.78, 5) is 12.1. The Kier molecular flexibility index (Phi) is 9.03. The Bertz CT molecular complexity index is 491. The first-order valence-electron chi connectivity index (χ1n) is 9.87. The van der Waals surface area contributed by atoms with Gasteiger partial charge in [0.15, 0.2) is 0 Å². The molecule has 4 heteroatoms. The summed E-state index contributed by atoms with van der Waals surface area (Å²) in [6.07, 6.45) is 8.85. The first-order valence-corrected chi connectivity index (χ1v) is 9.87. The maximum Gasteiger partial charge on any atom is 0.323 e. The van der Waals surface area contributed by atoms with Crippen molar-refractivity contribution in [1.29, 1.82) is 5.26 Å². The maximum atomic E-state index is 12.1. The number of carbonyl (C=O) groups is 1. The molecule has 25 heavy (non-hydrogen) atoms. The lowest BCUT2D eigenvalue weighted by Crippen LogP contribution is -2.34. The van der Waals surface area contributed by atoms with Crippen LogP contribution in [0.1, 0.15) is 73.1 Å². The van der Waals surface area contributed by atoms with Crippen LogP contribution < -0.4 is 5.32 Å². The number of hydrogen-bond donors (Lipinski definition) is 1. The van der Waals surface area contributed by atoms with Crippen LogP contribution >= 0.6 is 0 Å². The molecule has 142 valence electrons. The topological polar surface area (TPSA) is 62.1 Å². The predicted octanol–water partition coefficient (Wildman–Crippen LogP) is 4.82. The molecule has 3 atom stereocenters. The number of hydrogen-bond acceptors (Lipinski definition) is 4. The highest BCUT2D eigenvalue weighted by Crippen LogP contribution is 2.40. The molecule has 1 aliphatic carbocycles. The van der Waals surface area contributed by atoms with Crippen LogP contribution in [-0.4, -0.2) is 19.1 Å². The van der Waals surface area contributed by atoms with Crippen molar-refractivity contribution in [2.75, 3.05) is 13.2 Å². The van der Waals surface area contributed by atoms with Gasteiger partial charge in [0.1, 0.15) is 5.92 Å². The number of ether oxygens (including phenoxy) is 1. The summed E-state index contributed by atoms with van der Waals surface area (Å²) >= 11 is 0. The van der Waals surface area contributed by atoms with Crippen LogP contribution in [0, 0.1) is 34.5 Å².